The maximum Gasteiger partial charge on any atom is 0.0597 e. The lowest BCUT2D eigenvalue weighted by Gasteiger charge is -2.27. The predicted molar refractivity (Wildman–Crippen MR) is 89.7 cm³/mol. The van der Waals surface area contributed by atoms with E-state index in [2.05, 4.69) is 16.7 Å². The van der Waals surface area contributed by atoms with Crippen molar-refractivity contribution in [3.63, 3.8) is 0 Å². The fourth-order valence-electron chi connectivity index (χ4n) is 2.82. The summed E-state index contributed by atoms with van der Waals surface area (Å²) in [6, 6.07) is 0. The molecular formula is C17H33N2O4. The summed E-state index contributed by atoms with van der Waals surface area (Å²) in [7, 11) is 0. The molecule has 0 aromatic rings. The van der Waals surface area contributed by atoms with Gasteiger partial charge in [-0.15, -0.1) is 0 Å². The van der Waals surface area contributed by atoms with Gasteiger partial charge >= 0.3 is 0 Å². The molecule has 2 rings (SSSR count). The van der Waals surface area contributed by atoms with Crippen LogP contribution in [0, 0.1) is 6.92 Å². The third kappa shape index (κ3) is 8.42. The van der Waals surface area contributed by atoms with Crippen LogP contribution in [0.4, 0.5) is 0 Å². The third-order valence-corrected chi connectivity index (χ3v) is 4.43. The van der Waals surface area contributed by atoms with Crippen LogP contribution in [0.1, 0.15) is 12.8 Å². The van der Waals surface area contributed by atoms with Gasteiger partial charge in [0.2, 0.25) is 0 Å². The molecule has 2 fully saturated rings. The zero-order valence-electron chi connectivity index (χ0n) is 14.4. The molecule has 0 N–H and O–H groups in total. The summed E-state index contributed by atoms with van der Waals surface area (Å²) in [4.78, 5) is 4.78. The van der Waals surface area contributed by atoms with Crippen LogP contribution in [0.25, 0.3) is 0 Å². The van der Waals surface area contributed by atoms with Gasteiger partial charge in [0.1, 0.15) is 0 Å². The molecule has 1 unspecified atom stereocenters. The molecule has 1 radical (unpaired) electrons. The van der Waals surface area contributed by atoms with Gasteiger partial charge in [0, 0.05) is 45.9 Å². The average molecular weight is 329 g/mol. The van der Waals surface area contributed by atoms with E-state index in [1.165, 1.54) is 0 Å². The topological polar surface area (TPSA) is 43.4 Å². The van der Waals surface area contributed by atoms with Crippen LogP contribution in [0.5, 0.6) is 0 Å². The Morgan fingerprint density at radius 3 is 1.96 bits per heavy atom. The number of ether oxygens (including phenoxy) is 4. The molecule has 1 atom stereocenters. The van der Waals surface area contributed by atoms with Crippen LogP contribution in [0.2, 0.25) is 0 Å². The highest BCUT2D eigenvalue weighted by atomic mass is 16.5. The summed E-state index contributed by atoms with van der Waals surface area (Å²) in [5, 5.41) is 0. The van der Waals surface area contributed by atoms with Crippen LogP contribution < -0.4 is 0 Å². The van der Waals surface area contributed by atoms with Crippen LogP contribution in [-0.2, 0) is 18.9 Å². The smallest absolute Gasteiger partial charge is 0.0597 e. The molecule has 0 aromatic heterocycles. The maximum absolute atomic E-state index is 5.94. The zero-order valence-corrected chi connectivity index (χ0v) is 14.4. The van der Waals surface area contributed by atoms with Crippen molar-refractivity contribution < 1.29 is 18.9 Å². The van der Waals surface area contributed by atoms with Crippen molar-refractivity contribution in [2.75, 3.05) is 85.5 Å². The Labute approximate surface area is 141 Å². The lowest BCUT2D eigenvalue weighted by atomic mass is 10.2. The first-order chi connectivity index (χ1) is 11.4. The molecule has 0 saturated carbocycles. The Kier molecular flexibility index (Phi) is 10.1. The van der Waals surface area contributed by atoms with E-state index in [1.54, 1.807) is 0 Å². The Morgan fingerprint density at radius 1 is 0.826 bits per heavy atom. The Bertz CT molecular complexity index is 282. The molecule has 2 saturated heterocycles. The van der Waals surface area contributed by atoms with E-state index in [9.17, 15) is 0 Å². The monoisotopic (exact) mass is 329 g/mol. The molecule has 135 valence electrons. The average Bonchev–Trinajstić information content (AvgIpc) is 2.61. The van der Waals surface area contributed by atoms with Gasteiger partial charge in [-0.1, -0.05) is 6.92 Å². The quantitative estimate of drug-likeness (QED) is 0.519. The summed E-state index contributed by atoms with van der Waals surface area (Å²) in [6.45, 7) is 15.7. The van der Waals surface area contributed by atoms with E-state index < -0.39 is 0 Å². The van der Waals surface area contributed by atoms with Crippen molar-refractivity contribution in [3.8, 4) is 0 Å². The number of hydrogen-bond donors (Lipinski definition) is 0. The molecule has 2 aliphatic heterocycles. The Morgan fingerprint density at radius 2 is 1.39 bits per heavy atom. The number of nitrogens with zero attached hydrogens (tertiary/aromatic N) is 2. The van der Waals surface area contributed by atoms with E-state index in [0.717, 1.165) is 98.4 Å². The van der Waals surface area contributed by atoms with E-state index in [0.29, 0.717) is 0 Å². The van der Waals surface area contributed by atoms with Crippen molar-refractivity contribution in [2.45, 2.75) is 18.9 Å². The summed E-state index contributed by atoms with van der Waals surface area (Å²) < 4.78 is 22.4. The van der Waals surface area contributed by atoms with Gasteiger partial charge in [0.05, 0.1) is 45.7 Å². The number of morpholine rings is 2. The minimum atomic E-state index is 0.208. The van der Waals surface area contributed by atoms with Crippen molar-refractivity contribution in [2.24, 2.45) is 0 Å². The molecule has 23 heavy (non-hydrogen) atoms. The highest BCUT2D eigenvalue weighted by molar-refractivity contribution is 4.64. The predicted octanol–water partition coefficient (Wildman–Crippen LogP) is 0.667. The van der Waals surface area contributed by atoms with Gasteiger partial charge in [0.15, 0.2) is 0 Å². The Hall–Kier alpha value is -0.240. The van der Waals surface area contributed by atoms with Crippen LogP contribution in [0.15, 0.2) is 0 Å². The molecule has 6 heteroatoms. The Balaban J connectivity index is 1.44. The minimum absolute atomic E-state index is 0.208. The highest BCUT2D eigenvalue weighted by Gasteiger charge is 2.12. The first-order valence-corrected chi connectivity index (χ1v) is 8.97. The summed E-state index contributed by atoms with van der Waals surface area (Å²) >= 11 is 0. The lowest BCUT2D eigenvalue weighted by Crippen LogP contribution is -2.39. The van der Waals surface area contributed by atoms with Crippen LogP contribution >= 0.6 is 0 Å². The summed E-state index contributed by atoms with van der Waals surface area (Å²) in [5.74, 6) is 0. The van der Waals surface area contributed by atoms with E-state index in [1.807, 2.05) is 0 Å². The lowest BCUT2D eigenvalue weighted by molar-refractivity contribution is -0.0127. The van der Waals surface area contributed by atoms with Gasteiger partial charge in [-0.05, 0) is 12.8 Å². The summed E-state index contributed by atoms with van der Waals surface area (Å²) in [6.07, 6.45) is 1.94. The molecule has 0 aliphatic carbocycles. The molecule has 0 aromatic carbocycles. The SMILES string of the molecule is [CH2]CC(CCOCCN1CCOCC1)OCCN1CCOCC1. The normalized spacial score (nSPS) is 22.3. The number of hydrogen-bond acceptors (Lipinski definition) is 6. The molecule has 2 heterocycles. The van der Waals surface area contributed by atoms with Crippen LogP contribution in [0.3, 0.4) is 0 Å². The largest absolute Gasteiger partial charge is 0.380 e. The molecule has 0 bridgehead atoms. The molecule has 0 amide bonds. The molecule has 2 aliphatic rings. The fraction of sp³-hybridized carbons (Fsp3) is 0.941. The van der Waals surface area contributed by atoms with E-state index >= 15 is 0 Å². The third-order valence-electron chi connectivity index (χ3n) is 4.43. The minimum Gasteiger partial charge on any atom is -0.380 e. The second-order valence-corrected chi connectivity index (χ2v) is 6.09. The fourth-order valence-corrected chi connectivity index (χ4v) is 2.82. The molecule has 6 nitrogen and oxygen atoms in total. The highest BCUT2D eigenvalue weighted by Crippen LogP contribution is 2.05. The van der Waals surface area contributed by atoms with Crippen molar-refractivity contribution in [1.29, 1.82) is 0 Å². The molecular weight excluding hydrogens is 296 g/mol. The second-order valence-electron chi connectivity index (χ2n) is 6.09. The van der Waals surface area contributed by atoms with Gasteiger partial charge in [-0.25, -0.2) is 0 Å². The standard InChI is InChI=1S/C17H33N2O4/c1-2-17(23-16-9-19-7-14-22-15-8-19)3-10-20-11-4-18-5-12-21-13-6-18/h17H,1-16H2. The van der Waals surface area contributed by atoms with Gasteiger partial charge in [-0.3, -0.25) is 9.80 Å². The van der Waals surface area contributed by atoms with Gasteiger partial charge in [0.25, 0.3) is 0 Å². The maximum atomic E-state index is 5.94. The van der Waals surface area contributed by atoms with E-state index in [-0.39, 0.29) is 6.10 Å². The van der Waals surface area contributed by atoms with E-state index in [4.69, 9.17) is 18.9 Å². The van der Waals surface area contributed by atoms with Crippen molar-refractivity contribution in [1.82, 2.24) is 9.80 Å². The second kappa shape index (κ2) is 12.2. The van der Waals surface area contributed by atoms with Crippen LogP contribution in [-0.4, -0.2) is 101 Å². The first-order valence-electron chi connectivity index (χ1n) is 8.97. The summed E-state index contributed by atoms with van der Waals surface area (Å²) in [5.41, 5.74) is 0. The first kappa shape index (κ1) is 19.1. The molecule has 0 spiro atoms. The van der Waals surface area contributed by atoms with Crippen molar-refractivity contribution in [3.05, 3.63) is 6.92 Å². The van der Waals surface area contributed by atoms with Gasteiger partial charge < -0.3 is 18.9 Å². The number of rotatable bonds is 11. The zero-order chi connectivity index (χ0) is 16.2. The van der Waals surface area contributed by atoms with Crippen molar-refractivity contribution >= 4 is 0 Å². The van der Waals surface area contributed by atoms with Gasteiger partial charge in [-0.2, -0.15) is 0 Å².